The second-order valence-corrected chi connectivity index (χ2v) is 5.14. The number of hydrogen-bond donors (Lipinski definition) is 1. The third-order valence-corrected chi connectivity index (χ3v) is 3.52. The van der Waals surface area contributed by atoms with Gasteiger partial charge in [-0.1, -0.05) is 30.3 Å². The minimum atomic E-state index is -0.420. The molecule has 120 valence electrons. The fourth-order valence-electron chi connectivity index (χ4n) is 2.43. The summed E-state index contributed by atoms with van der Waals surface area (Å²) in [5, 5.41) is 4.50. The molecule has 0 aliphatic heterocycles. The van der Waals surface area contributed by atoms with E-state index in [2.05, 4.69) is 10.3 Å². The molecule has 5 heteroatoms. The lowest BCUT2D eigenvalue weighted by atomic mass is 10.1. The highest BCUT2D eigenvalue weighted by molar-refractivity contribution is 6.11. The van der Waals surface area contributed by atoms with Gasteiger partial charge in [0.1, 0.15) is 5.69 Å². The average molecular weight is 320 g/mol. The van der Waals surface area contributed by atoms with Crippen molar-refractivity contribution in [2.24, 2.45) is 0 Å². The Bertz CT molecular complexity index is 901. The molecule has 0 aliphatic rings. The number of aromatic nitrogens is 1. The molecule has 1 heterocycles. The lowest BCUT2D eigenvalue weighted by Gasteiger charge is -2.08. The fourth-order valence-corrected chi connectivity index (χ4v) is 2.43. The van der Waals surface area contributed by atoms with Gasteiger partial charge in [0.25, 0.3) is 5.91 Å². The average Bonchev–Trinajstić information content (AvgIpc) is 2.61. The van der Waals surface area contributed by atoms with Crippen LogP contribution in [0, 0.1) is 0 Å². The molecular formula is C19H16N2O3. The lowest BCUT2D eigenvalue weighted by molar-refractivity contribution is 0.0526. The van der Waals surface area contributed by atoms with Crippen molar-refractivity contribution in [3.05, 3.63) is 72.1 Å². The third kappa shape index (κ3) is 3.25. The van der Waals surface area contributed by atoms with Crippen LogP contribution in [0.4, 0.5) is 5.69 Å². The maximum atomic E-state index is 12.5. The van der Waals surface area contributed by atoms with Gasteiger partial charge in [0.05, 0.1) is 12.2 Å². The standard InChI is InChI=1S/C19H16N2O3/c1-2-24-19(23)14-7-5-8-15(12-14)21-18(22)17-16-9-4-3-6-13(16)10-11-20-17/h3-12H,2H2,1H3,(H,21,22). The number of benzene rings is 2. The topological polar surface area (TPSA) is 68.3 Å². The molecule has 2 aromatic carbocycles. The molecule has 0 unspecified atom stereocenters. The molecule has 0 spiro atoms. The van der Waals surface area contributed by atoms with Gasteiger partial charge in [-0.15, -0.1) is 0 Å². The molecule has 3 rings (SSSR count). The molecule has 0 aliphatic carbocycles. The number of nitrogens with one attached hydrogen (secondary N) is 1. The predicted octanol–water partition coefficient (Wildman–Crippen LogP) is 3.66. The number of nitrogens with zero attached hydrogens (tertiary/aromatic N) is 1. The van der Waals surface area contributed by atoms with Crippen LogP contribution in [0.3, 0.4) is 0 Å². The zero-order valence-corrected chi connectivity index (χ0v) is 13.2. The number of rotatable bonds is 4. The summed E-state index contributed by atoms with van der Waals surface area (Å²) in [6, 6.07) is 16.0. The number of carbonyl (C=O) groups excluding carboxylic acids is 2. The molecular weight excluding hydrogens is 304 g/mol. The number of carbonyl (C=O) groups is 2. The molecule has 0 fully saturated rings. The Balaban J connectivity index is 1.87. The van der Waals surface area contributed by atoms with Gasteiger partial charge in [0, 0.05) is 17.3 Å². The first-order valence-electron chi connectivity index (χ1n) is 7.61. The van der Waals surface area contributed by atoms with E-state index in [0.717, 1.165) is 10.8 Å². The first kappa shape index (κ1) is 15.7. The molecule has 0 saturated carbocycles. The van der Waals surface area contributed by atoms with Crippen molar-refractivity contribution in [2.75, 3.05) is 11.9 Å². The van der Waals surface area contributed by atoms with E-state index in [0.29, 0.717) is 23.6 Å². The third-order valence-electron chi connectivity index (χ3n) is 3.52. The van der Waals surface area contributed by atoms with Gasteiger partial charge < -0.3 is 10.1 Å². The molecule has 1 amide bonds. The van der Waals surface area contributed by atoms with Gasteiger partial charge in [-0.25, -0.2) is 4.79 Å². The van der Waals surface area contributed by atoms with E-state index in [4.69, 9.17) is 4.74 Å². The first-order chi connectivity index (χ1) is 11.7. The van der Waals surface area contributed by atoms with Crippen molar-refractivity contribution in [1.82, 2.24) is 4.98 Å². The van der Waals surface area contributed by atoms with Gasteiger partial charge in [-0.05, 0) is 36.6 Å². The highest BCUT2D eigenvalue weighted by Crippen LogP contribution is 2.18. The lowest BCUT2D eigenvalue weighted by Crippen LogP contribution is -2.14. The van der Waals surface area contributed by atoms with Crippen LogP contribution in [0.2, 0.25) is 0 Å². The summed E-state index contributed by atoms with van der Waals surface area (Å²) in [6.45, 7) is 2.05. The van der Waals surface area contributed by atoms with Crippen molar-refractivity contribution in [1.29, 1.82) is 0 Å². The van der Waals surface area contributed by atoms with Crippen LogP contribution in [0.5, 0.6) is 0 Å². The number of amides is 1. The van der Waals surface area contributed by atoms with Crippen molar-refractivity contribution in [3.8, 4) is 0 Å². The van der Waals surface area contributed by atoms with E-state index in [1.165, 1.54) is 0 Å². The van der Waals surface area contributed by atoms with Crippen molar-refractivity contribution >= 4 is 28.3 Å². The van der Waals surface area contributed by atoms with Crippen LogP contribution in [0.25, 0.3) is 10.8 Å². The summed E-state index contributed by atoms with van der Waals surface area (Å²) in [6.07, 6.45) is 1.60. The summed E-state index contributed by atoms with van der Waals surface area (Å²) in [5.41, 5.74) is 1.25. The van der Waals surface area contributed by atoms with Gasteiger partial charge in [0.2, 0.25) is 0 Å². The monoisotopic (exact) mass is 320 g/mol. The Hall–Kier alpha value is -3.21. The van der Waals surface area contributed by atoms with E-state index in [-0.39, 0.29) is 5.91 Å². The quantitative estimate of drug-likeness (QED) is 0.745. The zero-order chi connectivity index (χ0) is 16.9. The number of ether oxygens (including phenoxy) is 1. The van der Waals surface area contributed by atoms with Crippen molar-refractivity contribution < 1.29 is 14.3 Å². The van der Waals surface area contributed by atoms with E-state index in [9.17, 15) is 9.59 Å². The number of fused-ring (bicyclic) bond motifs is 1. The number of hydrogen-bond acceptors (Lipinski definition) is 4. The first-order valence-corrected chi connectivity index (χ1v) is 7.61. The van der Waals surface area contributed by atoms with Gasteiger partial charge in [0.15, 0.2) is 0 Å². The van der Waals surface area contributed by atoms with E-state index < -0.39 is 5.97 Å². The molecule has 24 heavy (non-hydrogen) atoms. The summed E-state index contributed by atoms with van der Waals surface area (Å²) >= 11 is 0. The smallest absolute Gasteiger partial charge is 0.338 e. The molecule has 1 aromatic heterocycles. The second kappa shape index (κ2) is 6.91. The summed E-state index contributed by atoms with van der Waals surface area (Å²) < 4.78 is 4.97. The van der Waals surface area contributed by atoms with E-state index in [1.807, 2.05) is 30.3 Å². The van der Waals surface area contributed by atoms with Crippen LogP contribution < -0.4 is 5.32 Å². The molecule has 0 saturated heterocycles. The Kier molecular flexibility index (Phi) is 4.52. The number of esters is 1. The summed E-state index contributed by atoms with van der Waals surface area (Å²) in [5.74, 6) is -0.746. The molecule has 0 radical (unpaired) electrons. The van der Waals surface area contributed by atoms with Crippen LogP contribution in [0.1, 0.15) is 27.8 Å². The van der Waals surface area contributed by atoms with Gasteiger partial charge >= 0.3 is 5.97 Å². The fraction of sp³-hybridized carbons (Fsp3) is 0.105. The highest BCUT2D eigenvalue weighted by atomic mass is 16.5. The van der Waals surface area contributed by atoms with Crippen LogP contribution in [0.15, 0.2) is 60.8 Å². The number of pyridine rings is 1. The Labute approximate surface area is 139 Å². The van der Waals surface area contributed by atoms with E-state index in [1.54, 1.807) is 37.4 Å². The predicted molar refractivity (Wildman–Crippen MR) is 92.1 cm³/mol. The molecule has 1 N–H and O–H groups in total. The molecule has 5 nitrogen and oxygen atoms in total. The van der Waals surface area contributed by atoms with Gasteiger partial charge in [-0.3, -0.25) is 9.78 Å². The Morgan fingerprint density at radius 1 is 1.08 bits per heavy atom. The molecule has 0 atom stereocenters. The van der Waals surface area contributed by atoms with Crippen molar-refractivity contribution in [3.63, 3.8) is 0 Å². The Morgan fingerprint density at radius 3 is 2.75 bits per heavy atom. The maximum Gasteiger partial charge on any atom is 0.338 e. The summed E-state index contributed by atoms with van der Waals surface area (Å²) in [7, 11) is 0. The normalized spacial score (nSPS) is 10.4. The largest absolute Gasteiger partial charge is 0.462 e. The molecule has 3 aromatic rings. The van der Waals surface area contributed by atoms with E-state index >= 15 is 0 Å². The second-order valence-electron chi connectivity index (χ2n) is 5.14. The van der Waals surface area contributed by atoms with Crippen molar-refractivity contribution in [2.45, 2.75) is 6.92 Å². The maximum absolute atomic E-state index is 12.5. The highest BCUT2D eigenvalue weighted by Gasteiger charge is 2.13. The number of anilines is 1. The Morgan fingerprint density at radius 2 is 1.92 bits per heavy atom. The van der Waals surface area contributed by atoms with Crippen LogP contribution in [-0.4, -0.2) is 23.5 Å². The summed E-state index contributed by atoms with van der Waals surface area (Å²) in [4.78, 5) is 28.5. The van der Waals surface area contributed by atoms with Gasteiger partial charge in [-0.2, -0.15) is 0 Å². The van der Waals surface area contributed by atoms with Crippen LogP contribution >= 0.6 is 0 Å². The minimum absolute atomic E-state index is 0.301. The SMILES string of the molecule is CCOC(=O)c1cccc(NC(=O)c2nccc3ccccc23)c1. The molecule has 0 bridgehead atoms. The zero-order valence-electron chi connectivity index (χ0n) is 13.2. The minimum Gasteiger partial charge on any atom is -0.462 e. The van der Waals surface area contributed by atoms with Crippen LogP contribution in [-0.2, 0) is 4.74 Å².